The Kier molecular flexibility index (Phi) is 4.54. The standard InChI is InChI=1S/C12H20N2O4/c15-11-2-1-9(13-11)7-14-5-3-10(4-6-14)18-8-12(16)17/h9-10H,1-8H2,(H,13,15)(H,16,17). The minimum atomic E-state index is -0.911. The lowest BCUT2D eigenvalue weighted by atomic mass is 10.1. The van der Waals surface area contributed by atoms with Crippen molar-refractivity contribution < 1.29 is 19.4 Å². The Morgan fingerprint density at radius 3 is 2.67 bits per heavy atom. The predicted octanol–water partition coefficient (Wildman–Crippen LogP) is -0.169. The second-order valence-electron chi connectivity index (χ2n) is 5.01. The maximum absolute atomic E-state index is 11.1. The summed E-state index contributed by atoms with van der Waals surface area (Å²) in [6.45, 7) is 2.52. The fourth-order valence-electron chi connectivity index (χ4n) is 2.57. The topological polar surface area (TPSA) is 78.9 Å². The molecule has 1 unspecified atom stereocenters. The number of hydrogen-bond acceptors (Lipinski definition) is 4. The molecule has 2 fully saturated rings. The Bertz CT molecular complexity index is 313. The van der Waals surface area contributed by atoms with E-state index in [-0.39, 0.29) is 24.7 Å². The number of likely N-dealkylation sites (tertiary alicyclic amines) is 1. The van der Waals surface area contributed by atoms with Gasteiger partial charge < -0.3 is 20.1 Å². The number of carbonyl (C=O) groups excluding carboxylic acids is 1. The van der Waals surface area contributed by atoms with Crippen LogP contribution < -0.4 is 5.32 Å². The lowest BCUT2D eigenvalue weighted by molar-refractivity contribution is -0.145. The van der Waals surface area contributed by atoms with Crippen molar-refractivity contribution in [3.63, 3.8) is 0 Å². The normalized spacial score (nSPS) is 26.2. The van der Waals surface area contributed by atoms with E-state index in [0.717, 1.165) is 38.9 Å². The molecule has 2 rings (SSSR count). The number of carboxylic acids is 1. The molecule has 0 saturated carbocycles. The van der Waals surface area contributed by atoms with Crippen LogP contribution in [0.25, 0.3) is 0 Å². The van der Waals surface area contributed by atoms with Crippen LogP contribution in [0.5, 0.6) is 0 Å². The van der Waals surface area contributed by atoms with E-state index in [1.807, 2.05) is 0 Å². The summed E-state index contributed by atoms with van der Waals surface area (Å²) in [6.07, 6.45) is 3.37. The van der Waals surface area contributed by atoms with E-state index in [0.29, 0.717) is 6.42 Å². The van der Waals surface area contributed by atoms with Crippen LogP contribution in [-0.4, -0.2) is 60.3 Å². The zero-order valence-corrected chi connectivity index (χ0v) is 10.4. The summed E-state index contributed by atoms with van der Waals surface area (Å²) >= 11 is 0. The minimum absolute atomic E-state index is 0.0653. The van der Waals surface area contributed by atoms with Crippen LogP contribution in [0.15, 0.2) is 0 Å². The number of ether oxygens (including phenoxy) is 1. The Hall–Kier alpha value is -1.14. The van der Waals surface area contributed by atoms with E-state index in [1.54, 1.807) is 0 Å². The summed E-state index contributed by atoms with van der Waals surface area (Å²) in [7, 11) is 0. The first-order valence-electron chi connectivity index (χ1n) is 6.48. The van der Waals surface area contributed by atoms with Gasteiger partial charge in [0.2, 0.25) is 5.91 Å². The molecule has 2 heterocycles. The van der Waals surface area contributed by atoms with Crippen molar-refractivity contribution in [3.05, 3.63) is 0 Å². The lowest BCUT2D eigenvalue weighted by Gasteiger charge is -2.33. The summed E-state index contributed by atoms with van der Waals surface area (Å²) in [5.41, 5.74) is 0. The fraction of sp³-hybridized carbons (Fsp3) is 0.833. The number of piperidine rings is 1. The minimum Gasteiger partial charge on any atom is -0.480 e. The third-order valence-corrected chi connectivity index (χ3v) is 3.54. The van der Waals surface area contributed by atoms with Crippen molar-refractivity contribution in [2.24, 2.45) is 0 Å². The molecule has 0 radical (unpaired) electrons. The second kappa shape index (κ2) is 6.15. The summed E-state index contributed by atoms with van der Waals surface area (Å²) in [6, 6.07) is 0.286. The van der Waals surface area contributed by atoms with Gasteiger partial charge in [-0.2, -0.15) is 0 Å². The van der Waals surface area contributed by atoms with Crippen LogP contribution in [0.1, 0.15) is 25.7 Å². The highest BCUT2D eigenvalue weighted by Crippen LogP contribution is 2.16. The van der Waals surface area contributed by atoms with Crippen LogP contribution in [0, 0.1) is 0 Å². The number of hydrogen-bond donors (Lipinski definition) is 2. The Morgan fingerprint density at radius 1 is 1.39 bits per heavy atom. The van der Waals surface area contributed by atoms with Gasteiger partial charge in [-0.15, -0.1) is 0 Å². The molecule has 6 nitrogen and oxygen atoms in total. The summed E-state index contributed by atoms with van der Waals surface area (Å²) in [4.78, 5) is 23.8. The van der Waals surface area contributed by atoms with Crippen molar-refractivity contribution in [1.82, 2.24) is 10.2 Å². The van der Waals surface area contributed by atoms with Gasteiger partial charge in [0, 0.05) is 32.1 Å². The molecule has 102 valence electrons. The molecule has 2 aliphatic heterocycles. The predicted molar refractivity (Wildman–Crippen MR) is 64.2 cm³/mol. The molecule has 0 aromatic rings. The number of aliphatic carboxylic acids is 1. The monoisotopic (exact) mass is 256 g/mol. The maximum atomic E-state index is 11.1. The van der Waals surface area contributed by atoms with Crippen LogP contribution in [0.2, 0.25) is 0 Å². The highest BCUT2D eigenvalue weighted by Gasteiger charge is 2.26. The Labute approximate surface area is 106 Å². The van der Waals surface area contributed by atoms with Crippen molar-refractivity contribution in [2.75, 3.05) is 26.2 Å². The molecule has 6 heteroatoms. The quantitative estimate of drug-likeness (QED) is 0.714. The summed E-state index contributed by atoms with van der Waals surface area (Å²) in [5.74, 6) is -0.759. The van der Waals surface area contributed by atoms with Crippen molar-refractivity contribution in [2.45, 2.75) is 37.8 Å². The molecule has 0 aromatic heterocycles. The summed E-state index contributed by atoms with van der Waals surface area (Å²) < 4.78 is 5.28. The Balaban J connectivity index is 1.64. The molecule has 1 atom stereocenters. The molecule has 0 bridgehead atoms. The summed E-state index contributed by atoms with van der Waals surface area (Å²) in [5, 5.41) is 11.5. The highest BCUT2D eigenvalue weighted by molar-refractivity contribution is 5.78. The van der Waals surface area contributed by atoms with Gasteiger partial charge in [-0.1, -0.05) is 0 Å². The molecule has 0 spiro atoms. The fourth-order valence-corrected chi connectivity index (χ4v) is 2.57. The van der Waals surface area contributed by atoms with E-state index in [2.05, 4.69) is 10.2 Å². The number of nitrogens with one attached hydrogen (secondary N) is 1. The third-order valence-electron chi connectivity index (χ3n) is 3.54. The number of rotatable bonds is 5. The molecule has 0 aliphatic carbocycles. The van der Waals surface area contributed by atoms with E-state index in [1.165, 1.54) is 0 Å². The van der Waals surface area contributed by atoms with Gasteiger partial charge >= 0.3 is 5.97 Å². The molecular formula is C12H20N2O4. The number of carbonyl (C=O) groups is 2. The average Bonchev–Trinajstić information content (AvgIpc) is 2.74. The molecule has 2 N–H and O–H groups in total. The lowest BCUT2D eigenvalue weighted by Crippen LogP contribution is -2.44. The molecular weight excluding hydrogens is 236 g/mol. The van der Waals surface area contributed by atoms with Crippen molar-refractivity contribution >= 4 is 11.9 Å². The second-order valence-corrected chi connectivity index (χ2v) is 5.01. The van der Waals surface area contributed by atoms with E-state index >= 15 is 0 Å². The molecule has 0 aromatic carbocycles. The third kappa shape index (κ3) is 3.96. The van der Waals surface area contributed by atoms with Gasteiger partial charge in [0.25, 0.3) is 0 Å². The van der Waals surface area contributed by atoms with Crippen molar-refractivity contribution in [3.8, 4) is 0 Å². The van der Waals surface area contributed by atoms with Crippen molar-refractivity contribution in [1.29, 1.82) is 0 Å². The number of carboxylic acid groups (broad SMARTS) is 1. The van der Waals surface area contributed by atoms with Crippen LogP contribution in [0.4, 0.5) is 0 Å². The van der Waals surface area contributed by atoms with E-state index in [9.17, 15) is 9.59 Å². The van der Waals surface area contributed by atoms with Crippen LogP contribution in [-0.2, 0) is 14.3 Å². The molecule has 2 aliphatic rings. The first-order valence-corrected chi connectivity index (χ1v) is 6.48. The molecule has 1 amide bonds. The largest absolute Gasteiger partial charge is 0.480 e. The zero-order valence-electron chi connectivity index (χ0n) is 10.4. The molecule has 18 heavy (non-hydrogen) atoms. The number of nitrogens with zero attached hydrogens (tertiary/aromatic N) is 1. The van der Waals surface area contributed by atoms with Gasteiger partial charge in [-0.25, -0.2) is 4.79 Å². The van der Waals surface area contributed by atoms with Crippen LogP contribution in [0.3, 0.4) is 0 Å². The first-order chi connectivity index (χ1) is 8.63. The van der Waals surface area contributed by atoms with Crippen LogP contribution >= 0.6 is 0 Å². The number of amides is 1. The van der Waals surface area contributed by atoms with Gasteiger partial charge in [0.05, 0.1) is 6.10 Å². The maximum Gasteiger partial charge on any atom is 0.329 e. The average molecular weight is 256 g/mol. The molecule has 2 saturated heterocycles. The Morgan fingerprint density at radius 2 is 2.11 bits per heavy atom. The van der Waals surface area contributed by atoms with Gasteiger partial charge in [-0.05, 0) is 19.3 Å². The van der Waals surface area contributed by atoms with E-state index < -0.39 is 5.97 Å². The van der Waals surface area contributed by atoms with Gasteiger partial charge in [0.1, 0.15) is 6.61 Å². The smallest absolute Gasteiger partial charge is 0.329 e. The zero-order chi connectivity index (χ0) is 13.0. The van der Waals surface area contributed by atoms with Gasteiger partial charge in [-0.3, -0.25) is 4.79 Å². The first kappa shape index (κ1) is 13.3. The SMILES string of the molecule is O=C(O)COC1CCN(CC2CCC(=O)N2)CC1. The van der Waals surface area contributed by atoms with Gasteiger partial charge in [0.15, 0.2) is 0 Å². The van der Waals surface area contributed by atoms with E-state index in [4.69, 9.17) is 9.84 Å². The highest BCUT2D eigenvalue weighted by atomic mass is 16.5.